The summed E-state index contributed by atoms with van der Waals surface area (Å²) in [4.78, 5) is 12.8. The number of hydrogen-bond acceptors (Lipinski definition) is 3. The maximum Gasteiger partial charge on any atom is 0.253 e. The number of carbonyl (C=O) groups excluding carboxylic acids is 1. The summed E-state index contributed by atoms with van der Waals surface area (Å²) in [5, 5.41) is 2.81. The summed E-state index contributed by atoms with van der Waals surface area (Å²) in [5.74, 6) is -0.0702. The highest BCUT2D eigenvalue weighted by molar-refractivity contribution is 9.11. The van der Waals surface area contributed by atoms with E-state index >= 15 is 0 Å². The van der Waals surface area contributed by atoms with E-state index in [2.05, 4.69) is 21.2 Å². The van der Waals surface area contributed by atoms with Gasteiger partial charge < -0.3 is 11.1 Å². The van der Waals surface area contributed by atoms with Gasteiger partial charge in [0.15, 0.2) is 0 Å². The Morgan fingerprint density at radius 1 is 1.73 bits per heavy atom. The fraction of sp³-hybridized carbons (Fsp3) is 0.444. The number of nitrogens with two attached hydrogens (primary N) is 1. The molecule has 86 valence electrons. The lowest BCUT2D eigenvalue weighted by Crippen LogP contribution is -2.37. The Morgan fingerprint density at radius 3 is 2.73 bits per heavy atom. The van der Waals surface area contributed by atoms with E-state index in [1.165, 1.54) is 0 Å². The topological polar surface area (TPSA) is 55.1 Å². The fourth-order valence-corrected chi connectivity index (χ4v) is 2.78. The lowest BCUT2D eigenvalue weighted by Gasteiger charge is -2.10. The maximum atomic E-state index is 11.7. The monoisotopic (exact) mass is 312 g/mol. The standard InChI is InChI=1S/C9H13BrN2OS.ClH/c1-5(4-11)12-9(13)7-3-6(2)14-8(7)10;/h3,5H,4,11H2,1-2H3,(H,12,13);1H/t5-;/m1./s1. The van der Waals surface area contributed by atoms with Crippen molar-refractivity contribution in [3.05, 3.63) is 20.3 Å². The first kappa shape index (κ1) is 14.9. The summed E-state index contributed by atoms with van der Waals surface area (Å²) in [6.45, 7) is 4.30. The Labute approximate surface area is 108 Å². The quantitative estimate of drug-likeness (QED) is 0.900. The maximum absolute atomic E-state index is 11.7. The number of hydrogen-bond donors (Lipinski definition) is 2. The molecule has 15 heavy (non-hydrogen) atoms. The average molecular weight is 314 g/mol. The van der Waals surface area contributed by atoms with Gasteiger partial charge in [0.05, 0.1) is 9.35 Å². The zero-order valence-corrected chi connectivity index (χ0v) is 11.8. The molecule has 1 rings (SSSR count). The average Bonchev–Trinajstić information content (AvgIpc) is 2.45. The SMILES string of the molecule is Cc1cc(C(=O)N[C@H](C)CN)c(Br)s1.Cl. The lowest BCUT2D eigenvalue weighted by molar-refractivity contribution is 0.0941. The Hall–Kier alpha value is -0.1000. The normalized spacial score (nSPS) is 11.7. The number of nitrogens with one attached hydrogen (secondary N) is 1. The second-order valence-electron chi connectivity index (χ2n) is 3.15. The third-order valence-electron chi connectivity index (χ3n) is 1.79. The molecule has 1 heterocycles. The molecular weight excluding hydrogens is 300 g/mol. The highest BCUT2D eigenvalue weighted by Gasteiger charge is 2.14. The first-order valence-electron chi connectivity index (χ1n) is 4.31. The molecule has 1 amide bonds. The number of halogens is 2. The zero-order valence-electron chi connectivity index (χ0n) is 8.54. The fourth-order valence-electron chi connectivity index (χ4n) is 1.00. The smallest absolute Gasteiger partial charge is 0.253 e. The van der Waals surface area contributed by atoms with E-state index in [4.69, 9.17) is 5.73 Å². The van der Waals surface area contributed by atoms with Crippen LogP contribution >= 0.6 is 39.7 Å². The first-order chi connectivity index (χ1) is 6.54. The van der Waals surface area contributed by atoms with Gasteiger partial charge in [0.1, 0.15) is 0 Å². The minimum absolute atomic E-state index is 0. The van der Waals surface area contributed by atoms with Crippen molar-refractivity contribution in [2.45, 2.75) is 19.9 Å². The third kappa shape index (κ3) is 4.10. The summed E-state index contributed by atoms with van der Waals surface area (Å²) < 4.78 is 0.872. The van der Waals surface area contributed by atoms with Gasteiger partial charge in [-0.1, -0.05) is 0 Å². The van der Waals surface area contributed by atoms with Crippen molar-refractivity contribution in [3.63, 3.8) is 0 Å². The molecule has 0 spiro atoms. The third-order valence-corrected chi connectivity index (χ3v) is 3.54. The van der Waals surface area contributed by atoms with Crippen molar-refractivity contribution < 1.29 is 4.79 Å². The second kappa shape index (κ2) is 6.48. The molecule has 0 aromatic carbocycles. The van der Waals surface area contributed by atoms with Gasteiger partial charge in [-0.15, -0.1) is 23.7 Å². The summed E-state index contributed by atoms with van der Waals surface area (Å²) in [7, 11) is 0. The van der Waals surface area contributed by atoms with Crippen LogP contribution in [0.3, 0.4) is 0 Å². The van der Waals surface area contributed by atoms with Crippen LogP contribution in [0.2, 0.25) is 0 Å². The summed E-state index contributed by atoms with van der Waals surface area (Å²) >= 11 is 4.91. The molecule has 0 bridgehead atoms. The lowest BCUT2D eigenvalue weighted by atomic mass is 10.2. The van der Waals surface area contributed by atoms with E-state index in [0.717, 1.165) is 8.66 Å². The first-order valence-corrected chi connectivity index (χ1v) is 5.92. The van der Waals surface area contributed by atoms with Crippen LogP contribution in [0.4, 0.5) is 0 Å². The molecule has 0 saturated heterocycles. The molecule has 1 aromatic heterocycles. The molecule has 3 N–H and O–H groups in total. The molecule has 0 aliphatic heterocycles. The summed E-state index contributed by atoms with van der Waals surface area (Å²) in [6, 6.07) is 1.88. The van der Waals surface area contributed by atoms with Gasteiger partial charge in [-0.3, -0.25) is 4.79 Å². The number of aryl methyl sites for hydroxylation is 1. The molecule has 0 saturated carbocycles. The van der Waals surface area contributed by atoms with Crippen LogP contribution in [0.25, 0.3) is 0 Å². The highest BCUT2D eigenvalue weighted by atomic mass is 79.9. The molecule has 6 heteroatoms. The molecule has 0 aliphatic carbocycles. The van der Waals surface area contributed by atoms with E-state index in [1.807, 2.05) is 19.9 Å². The van der Waals surface area contributed by atoms with E-state index in [1.54, 1.807) is 11.3 Å². The molecule has 0 unspecified atom stereocenters. The van der Waals surface area contributed by atoms with Gasteiger partial charge in [-0.2, -0.15) is 0 Å². The van der Waals surface area contributed by atoms with E-state index in [9.17, 15) is 4.79 Å². The van der Waals surface area contributed by atoms with Crippen molar-refractivity contribution in [1.29, 1.82) is 0 Å². The Kier molecular flexibility index (Phi) is 6.43. The van der Waals surface area contributed by atoms with E-state index in [0.29, 0.717) is 12.1 Å². The number of amides is 1. The van der Waals surface area contributed by atoms with Crippen molar-refractivity contribution in [2.75, 3.05) is 6.54 Å². The number of rotatable bonds is 3. The predicted octanol–water partition coefficient (Wildman–Crippen LogP) is 2.32. The van der Waals surface area contributed by atoms with Crippen LogP contribution < -0.4 is 11.1 Å². The highest BCUT2D eigenvalue weighted by Crippen LogP contribution is 2.27. The molecular formula is C9H14BrClN2OS. The Balaban J connectivity index is 0.00000196. The van der Waals surface area contributed by atoms with Crippen LogP contribution in [-0.4, -0.2) is 18.5 Å². The Morgan fingerprint density at radius 2 is 2.33 bits per heavy atom. The van der Waals surface area contributed by atoms with Gasteiger partial charge in [-0.25, -0.2) is 0 Å². The minimum Gasteiger partial charge on any atom is -0.348 e. The van der Waals surface area contributed by atoms with Crippen LogP contribution in [0.15, 0.2) is 9.85 Å². The summed E-state index contributed by atoms with van der Waals surface area (Å²) in [5.41, 5.74) is 6.11. The van der Waals surface area contributed by atoms with Gasteiger partial charge in [0.25, 0.3) is 5.91 Å². The van der Waals surface area contributed by atoms with E-state index in [-0.39, 0.29) is 24.4 Å². The molecule has 0 radical (unpaired) electrons. The van der Waals surface area contributed by atoms with Gasteiger partial charge in [-0.05, 0) is 35.8 Å². The van der Waals surface area contributed by atoms with Crippen LogP contribution in [-0.2, 0) is 0 Å². The van der Waals surface area contributed by atoms with Crippen LogP contribution in [0, 0.1) is 6.92 Å². The minimum atomic E-state index is -0.0702. The van der Waals surface area contributed by atoms with Crippen molar-refractivity contribution in [1.82, 2.24) is 5.32 Å². The summed E-state index contributed by atoms with van der Waals surface area (Å²) in [6.07, 6.45) is 0. The van der Waals surface area contributed by atoms with Gasteiger partial charge in [0.2, 0.25) is 0 Å². The molecule has 0 aliphatic rings. The number of thiophene rings is 1. The van der Waals surface area contributed by atoms with E-state index < -0.39 is 0 Å². The zero-order chi connectivity index (χ0) is 10.7. The molecule has 1 atom stereocenters. The van der Waals surface area contributed by atoms with Crippen molar-refractivity contribution >= 4 is 45.6 Å². The second-order valence-corrected chi connectivity index (χ2v) is 5.73. The van der Waals surface area contributed by atoms with Crippen LogP contribution in [0.5, 0.6) is 0 Å². The van der Waals surface area contributed by atoms with Crippen molar-refractivity contribution in [3.8, 4) is 0 Å². The largest absolute Gasteiger partial charge is 0.348 e. The predicted molar refractivity (Wildman–Crippen MR) is 70.0 cm³/mol. The Bertz CT molecular complexity index is 343. The van der Waals surface area contributed by atoms with Gasteiger partial charge in [0, 0.05) is 17.5 Å². The molecule has 1 aromatic rings. The molecule has 0 fully saturated rings. The van der Waals surface area contributed by atoms with Crippen molar-refractivity contribution in [2.24, 2.45) is 5.73 Å². The number of carbonyl (C=O) groups is 1. The molecule has 3 nitrogen and oxygen atoms in total. The van der Waals surface area contributed by atoms with Crippen LogP contribution in [0.1, 0.15) is 22.2 Å². The van der Waals surface area contributed by atoms with Gasteiger partial charge >= 0.3 is 0 Å².